The zero-order valence-electron chi connectivity index (χ0n) is 10.1. The van der Waals surface area contributed by atoms with E-state index in [0.717, 1.165) is 0 Å². The van der Waals surface area contributed by atoms with Crippen LogP contribution in [0.15, 0.2) is 24.3 Å². The summed E-state index contributed by atoms with van der Waals surface area (Å²) in [6.07, 6.45) is 0. The van der Waals surface area contributed by atoms with E-state index >= 15 is 0 Å². The monoisotopic (exact) mass is 286 g/mol. The molecule has 18 heavy (non-hydrogen) atoms. The molecular weight excluding hydrogens is 272 g/mol. The molecule has 0 unspecified atom stereocenters. The molecule has 0 fully saturated rings. The average molecular weight is 287 g/mol. The number of hydrogen-bond donors (Lipinski definition) is 1. The zero-order chi connectivity index (χ0) is 13.5. The van der Waals surface area contributed by atoms with Gasteiger partial charge in [0.1, 0.15) is 5.75 Å². The third-order valence-corrected chi connectivity index (χ3v) is 2.64. The highest BCUT2D eigenvalue weighted by Gasteiger charge is 2.12. The van der Waals surface area contributed by atoms with E-state index in [1.54, 1.807) is 24.3 Å². The first-order chi connectivity index (χ1) is 8.52. The van der Waals surface area contributed by atoms with E-state index in [1.165, 1.54) is 4.90 Å². The Bertz CT molecular complexity index is 423. The minimum Gasteiger partial charge on any atom is -0.484 e. The van der Waals surface area contributed by atoms with Crippen molar-refractivity contribution in [1.82, 2.24) is 4.90 Å². The van der Waals surface area contributed by atoms with Crippen LogP contribution < -0.4 is 10.5 Å². The van der Waals surface area contributed by atoms with Crippen LogP contribution in [-0.4, -0.2) is 35.5 Å². The van der Waals surface area contributed by atoms with Crippen molar-refractivity contribution in [3.05, 3.63) is 29.3 Å². The molecule has 0 aliphatic rings. The number of halogens is 1. The van der Waals surface area contributed by atoms with Crippen molar-refractivity contribution in [2.75, 3.05) is 19.7 Å². The van der Waals surface area contributed by atoms with Gasteiger partial charge in [0, 0.05) is 11.6 Å². The van der Waals surface area contributed by atoms with Gasteiger partial charge in [0.15, 0.2) is 6.61 Å². The molecule has 1 aromatic carbocycles. The van der Waals surface area contributed by atoms with E-state index < -0.39 is 0 Å². The molecular formula is C12H15ClN2O2S. The van der Waals surface area contributed by atoms with Crippen molar-refractivity contribution in [2.45, 2.75) is 6.92 Å². The molecule has 0 aliphatic heterocycles. The van der Waals surface area contributed by atoms with Gasteiger partial charge in [-0.15, -0.1) is 0 Å². The summed E-state index contributed by atoms with van der Waals surface area (Å²) in [5, 5.41) is 0.623. The molecule has 6 heteroatoms. The molecule has 0 bridgehead atoms. The van der Waals surface area contributed by atoms with E-state index in [4.69, 9.17) is 34.3 Å². The Balaban J connectivity index is 2.49. The lowest BCUT2D eigenvalue weighted by Gasteiger charge is -2.20. The van der Waals surface area contributed by atoms with Crippen LogP contribution in [-0.2, 0) is 4.79 Å². The number of thiocarbonyl (C=S) groups is 1. The van der Waals surface area contributed by atoms with Crippen LogP contribution in [0, 0.1) is 0 Å². The highest BCUT2D eigenvalue weighted by molar-refractivity contribution is 7.80. The third kappa shape index (κ3) is 4.89. The van der Waals surface area contributed by atoms with E-state index in [0.29, 0.717) is 17.3 Å². The highest BCUT2D eigenvalue weighted by atomic mass is 35.5. The minimum atomic E-state index is -0.153. The summed E-state index contributed by atoms with van der Waals surface area (Å²) >= 11 is 10.5. The molecule has 0 radical (unpaired) electrons. The number of hydrogen-bond acceptors (Lipinski definition) is 3. The zero-order valence-corrected chi connectivity index (χ0v) is 11.6. The smallest absolute Gasteiger partial charge is 0.260 e. The number of rotatable bonds is 6. The van der Waals surface area contributed by atoms with E-state index in [-0.39, 0.29) is 24.0 Å². The number of nitrogens with two attached hydrogens (primary N) is 1. The molecule has 0 spiro atoms. The highest BCUT2D eigenvalue weighted by Crippen LogP contribution is 2.15. The van der Waals surface area contributed by atoms with Gasteiger partial charge in [0.2, 0.25) is 0 Å². The third-order valence-electron chi connectivity index (χ3n) is 2.26. The van der Waals surface area contributed by atoms with Gasteiger partial charge in [-0.1, -0.05) is 23.8 Å². The summed E-state index contributed by atoms with van der Waals surface area (Å²) in [6.45, 7) is 2.63. The summed E-state index contributed by atoms with van der Waals surface area (Å²) in [7, 11) is 0. The number of likely N-dealkylation sites (N-methyl/N-ethyl adjacent to an activating group) is 1. The van der Waals surface area contributed by atoms with Crippen molar-refractivity contribution in [3.63, 3.8) is 0 Å². The summed E-state index contributed by atoms with van der Waals surface area (Å²) in [5.41, 5.74) is 5.41. The Morgan fingerprint density at radius 3 is 2.56 bits per heavy atom. The number of benzene rings is 1. The van der Waals surface area contributed by atoms with Crippen LogP contribution in [0.3, 0.4) is 0 Å². The Hall–Kier alpha value is -1.33. The molecule has 4 nitrogen and oxygen atoms in total. The molecule has 98 valence electrons. The van der Waals surface area contributed by atoms with Crippen LogP contribution in [0.25, 0.3) is 0 Å². The van der Waals surface area contributed by atoms with Crippen LogP contribution in [0.1, 0.15) is 6.92 Å². The molecule has 0 heterocycles. The van der Waals surface area contributed by atoms with Crippen LogP contribution in [0.5, 0.6) is 5.75 Å². The molecule has 0 saturated heterocycles. The summed E-state index contributed by atoms with van der Waals surface area (Å²) < 4.78 is 5.35. The van der Waals surface area contributed by atoms with Crippen LogP contribution >= 0.6 is 23.8 Å². The van der Waals surface area contributed by atoms with Gasteiger partial charge in [-0.05, 0) is 31.2 Å². The Labute approximate surface area is 117 Å². The predicted molar refractivity (Wildman–Crippen MR) is 76.0 cm³/mol. The van der Waals surface area contributed by atoms with Crippen molar-refractivity contribution < 1.29 is 9.53 Å². The molecule has 2 N–H and O–H groups in total. The molecule has 0 aliphatic carbocycles. The Morgan fingerprint density at radius 1 is 1.44 bits per heavy atom. The molecule has 0 aromatic heterocycles. The fourth-order valence-corrected chi connectivity index (χ4v) is 1.61. The van der Waals surface area contributed by atoms with Crippen LogP contribution in [0.2, 0.25) is 5.02 Å². The molecule has 0 saturated carbocycles. The van der Waals surface area contributed by atoms with Gasteiger partial charge >= 0.3 is 0 Å². The SMILES string of the molecule is CCN(CC(N)=S)C(=O)COc1ccc(Cl)cc1. The largest absolute Gasteiger partial charge is 0.484 e. The first kappa shape index (κ1) is 14.7. The standard InChI is InChI=1S/C12H15ClN2O2S/c1-2-15(7-11(14)18)12(16)8-17-10-5-3-9(13)4-6-10/h3-6H,2,7-8H2,1H3,(H2,14,18). The number of amides is 1. The second kappa shape index (κ2) is 7.18. The molecule has 0 atom stereocenters. The second-order valence-electron chi connectivity index (χ2n) is 3.62. The van der Waals surface area contributed by atoms with E-state index in [9.17, 15) is 4.79 Å². The first-order valence-electron chi connectivity index (χ1n) is 5.47. The Morgan fingerprint density at radius 2 is 2.06 bits per heavy atom. The molecule has 1 rings (SSSR count). The maximum atomic E-state index is 11.8. The van der Waals surface area contributed by atoms with E-state index in [2.05, 4.69) is 0 Å². The lowest BCUT2D eigenvalue weighted by Crippen LogP contribution is -2.40. The normalized spacial score (nSPS) is 9.89. The van der Waals surface area contributed by atoms with Gasteiger partial charge in [-0.25, -0.2) is 0 Å². The lowest BCUT2D eigenvalue weighted by atomic mass is 10.3. The van der Waals surface area contributed by atoms with Gasteiger partial charge in [0.25, 0.3) is 5.91 Å². The summed E-state index contributed by atoms with van der Waals surface area (Å²) in [5.74, 6) is 0.444. The Kier molecular flexibility index (Phi) is 5.88. The van der Waals surface area contributed by atoms with Gasteiger partial charge in [-0.2, -0.15) is 0 Å². The first-order valence-corrected chi connectivity index (χ1v) is 6.26. The quantitative estimate of drug-likeness (QED) is 0.811. The van der Waals surface area contributed by atoms with Crippen molar-refractivity contribution in [3.8, 4) is 5.75 Å². The van der Waals surface area contributed by atoms with E-state index in [1.807, 2.05) is 6.92 Å². The van der Waals surface area contributed by atoms with Crippen molar-refractivity contribution >= 4 is 34.7 Å². The topological polar surface area (TPSA) is 55.6 Å². The van der Waals surface area contributed by atoms with Gasteiger partial charge in [0.05, 0.1) is 11.5 Å². The predicted octanol–water partition coefficient (Wildman–Crippen LogP) is 1.85. The van der Waals surface area contributed by atoms with Crippen LogP contribution in [0.4, 0.5) is 0 Å². The van der Waals surface area contributed by atoms with Crippen molar-refractivity contribution in [1.29, 1.82) is 0 Å². The minimum absolute atomic E-state index is 0.0436. The maximum Gasteiger partial charge on any atom is 0.260 e. The fourth-order valence-electron chi connectivity index (χ4n) is 1.33. The lowest BCUT2D eigenvalue weighted by molar-refractivity contribution is -0.132. The number of carbonyl (C=O) groups excluding carboxylic acids is 1. The van der Waals surface area contributed by atoms with Gasteiger partial charge in [-0.3, -0.25) is 4.79 Å². The molecule has 1 amide bonds. The number of carbonyl (C=O) groups is 1. The second-order valence-corrected chi connectivity index (χ2v) is 4.58. The molecule has 1 aromatic rings. The number of nitrogens with zero attached hydrogens (tertiary/aromatic N) is 1. The summed E-state index contributed by atoms with van der Waals surface area (Å²) in [4.78, 5) is 13.6. The maximum absolute atomic E-state index is 11.8. The van der Waals surface area contributed by atoms with Crippen molar-refractivity contribution in [2.24, 2.45) is 5.73 Å². The fraction of sp³-hybridized carbons (Fsp3) is 0.333. The van der Waals surface area contributed by atoms with Gasteiger partial charge < -0.3 is 15.4 Å². The number of ether oxygens (including phenoxy) is 1. The summed E-state index contributed by atoms with van der Waals surface area (Å²) in [6, 6.07) is 6.82. The average Bonchev–Trinajstić information content (AvgIpc) is 2.34.